The lowest BCUT2D eigenvalue weighted by molar-refractivity contribution is -0.619. The molecule has 0 aromatic carbocycles. The molecule has 0 atom stereocenters. The second-order valence-electron chi connectivity index (χ2n) is 2.91. The van der Waals surface area contributed by atoms with Gasteiger partial charge in [-0.15, -0.1) is 0 Å². The van der Waals surface area contributed by atoms with Crippen LogP contribution in [0.4, 0.5) is 0 Å². The maximum absolute atomic E-state index is 4.26. The van der Waals surface area contributed by atoms with E-state index in [-0.39, 0.29) is 17.0 Å². The molecule has 0 unspecified atom stereocenters. The van der Waals surface area contributed by atoms with Crippen LogP contribution in [0.2, 0.25) is 0 Å². The predicted octanol–water partition coefficient (Wildman–Crippen LogP) is -1.45. The molecular weight excluding hydrogens is 344 g/mol. The average Bonchev–Trinajstić information content (AvgIpc) is 2.82. The van der Waals surface area contributed by atoms with E-state index in [4.69, 9.17) is 0 Å². The third kappa shape index (κ3) is 1.62. The number of hydrogen-bond acceptors (Lipinski definition) is 3. The van der Waals surface area contributed by atoms with Gasteiger partial charge in [-0.3, -0.25) is 0 Å². The van der Waals surface area contributed by atoms with Crippen molar-refractivity contribution in [3.05, 3.63) is 17.6 Å². The summed E-state index contributed by atoms with van der Waals surface area (Å²) in [7, 11) is 0. The normalized spacial score (nSPS) is 16.7. The Balaban J connectivity index is 0.000000853. The van der Waals surface area contributed by atoms with Crippen LogP contribution in [0.5, 0.6) is 0 Å². The summed E-state index contributed by atoms with van der Waals surface area (Å²) in [5.41, 5.74) is 3.00. The highest BCUT2D eigenvalue weighted by molar-refractivity contribution is 9.11. The van der Waals surface area contributed by atoms with E-state index in [1.54, 1.807) is 18.1 Å². The van der Waals surface area contributed by atoms with Crippen molar-refractivity contribution in [3.63, 3.8) is 0 Å². The summed E-state index contributed by atoms with van der Waals surface area (Å²) in [5.74, 6) is 0.963. The number of halogens is 2. The molecule has 15 heavy (non-hydrogen) atoms. The Morgan fingerprint density at radius 1 is 1.53 bits per heavy atom. The summed E-state index contributed by atoms with van der Waals surface area (Å²) < 4.78 is 2.07. The van der Waals surface area contributed by atoms with Crippen LogP contribution in [0.25, 0.3) is 16.9 Å². The minimum atomic E-state index is 0. The van der Waals surface area contributed by atoms with Gasteiger partial charge in [0.2, 0.25) is 0 Å². The van der Waals surface area contributed by atoms with Crippen molar-refractivity contribution in [3.8, 4) is 0 Å². The van der Waals surface area contributed by atoms with Crippen LogP contribution in [0.3, 0.4) is 0 Å². The molecule has 3 rings (SSSR count). The number of H-pyrrole nitrogens is 1. The quantitative estimate of drug-likeness (QED) is 0.467. The van der Waals surface area contributed by atoms with Crippen molar-refractivity contribution in [2.45, 2.75) is 5.03 Å². The first kappa shape index (κ1) is 11.1. The molecule has 1 aliphatic heterocycles. The van der Waals surface area contributed by atoms with E-state index >= 15 is 0 Å². The van der Waals surface area contributed by atoms with Gasteiger partial charge in [-0.2, -0.15) is 9.55 Å². The Morgan fingerprint density at radius 3 is 3.20 bits per heavy atom. The fourth-order valence-corrected chi connectivity index (χ4v) is 3.17. The van der Waals surface area contributed by atoms with Crippen LogP contribution in [0, 0.1) is 0 Å². The molecule has 0 spiro atoms. The number of rotatable bonds is 0. The van der Waals surface area contributed by atoms with Gasteiger partial charge >= 0.3 is 0 Å². The second-order valence-corrected chi connectivity index (χ2v) is 4.33. The van der Waals surface area contributed by atoms with Crippen LogP contribution in [-0.2, 0) is 0 Å². The second kappa shape index (κ2) is 4.23. The average molecular weight is 350 g/mol. The minimum absolute atomic E-state index is 0. The fraction of sp³-hybridized carbons (Fsp3) is 0.125. The van der Waals surface area contributed by atoms with Crippen molar-refractivity contribution in [1.82, 2.24) is 15.0 Å². The van der Waals surface area contributed by atoms with E-state index in [1.165, 1.54) is 10.7 Å². The Morgan fingerprint density at radius 2 is 2.40 bits per heavy atom. The molecule has 0 fully saturated rings. The van der Waals surface area contributed by atoms with Crippen molar-refractivity contribution in [1.29, 1.82) is 0 Å². The minimum Gasteiger partial charge on any atom is -1.00 e. The molecular formula is C8H6Br2N4S. The summed E-state index contributed by atoms with van der Waals surface area (Å²) in [6.45, 7) is 0. The Kier molecular flexibility index (Phi) is 3.13. The molecule has 0 saturated carbocycles. The molecule has 7 heteroatoms. The maximum atomic E-state index is 4.26. The molecule has 2 aromatic rings. The molecule has 2 aromatic heterocycles. The van der Waals surface area contributed by atoms with Crippen molar-refractivity contribution in [2.75, 3.05) is 5.75 Å². The highest BCUT2D eigenvalue weighted by Crippen LogP contribution is 2.29. The molecule has 0 saturated heterocycles. The van der Waals surface area contributed by atoms with Gasteiger partial charge in [-0.25, -0.2) is 0 Å². The first-order chi connectivity index (χ1) is 6.90. The highest BCUT2D eigenvalue weighted by atomic mass is 79.9. The lowest BCUT2D eigenvalue weighted by atomic mass is 10.5. The SMILES string of the molecule is Br/C=C1\CSc2c3[nH]cnc3nc[n+]21.[Br-]. The lowest BCUT2D eigenvalue weighted by Gasteiger charge is -1.93. The molecule has 4 nitrogen and oxygen atoms in total. The monoisotopic (exact) mass is 348 g/mol. The van der Waals surface area contributed by atoms with Gasteiger partial charge in [-0.1, -0.05) is 27.7 Å². The number of nitrogens with one attached hydrogen (secondary N) is 1. The predicted molar refractivity (Wildman–Crippen MR) is 58.0 cm³/mol. The van der Waals surface area contributed by atoms with Gasteiger partial charge in [0.1, 0.15) is 5.70 Å². The Labute approximate surface area is 109 Å². The third-order valence-electron chi connectivity index (χ3n) is 2.14. The van der Waals surface area contributed by atoms with Crippen LogP contribution < -0.4 is 21.5 Å². The lowest BCUT2D eigenvalue weighted by Crippen LogP contribution is -3.00. The molecule has 0 radical (unpaired) electrons. The first-order valence-corrected chi connectivity index (χ1v) is 5.96. The summed E-state index contributed by atoms with van der Waals surface area (Å²) in [6.07, 6.45) is 3.49. The van der Waals surface area contributed by atoms with Crippen LogP contribution >= 0.6 is 27.7 Å². The van der Waals surface area contributed by atoms with Gasteiger partial charge in [-0.05, 0) is 4.98 Å². The van der Waals surface area contributed by atoms with E-state index in [0.29, 0.717) is 0 Å². The fourth-order valence-electron chi connectivity index (χ4n) is 1.47. The number of fused-ring (bicyclic) bond motifs is 3. The zero-order valence-corrected chi connectivity index (χ0v) is 11.4. The molecule has 1 aliphatic rings. The third-order valence-corrected chi connectivity index (χ3v) is 3.78. The smallest absolute Gasteiger partial charge is 0.296 e. The Bertz CT molecular complexity index is 536. The number of thioether (sulfide) groups is 1. The van der Waals surface area contributed by atoms with Crippen LogP contribution in [0.1, 0.15) is 0 Å². The summed E-state index contributed by atoms with van der Waals surface area (Å²) in [4.78, 5) is 13.4. The molecule has 78 valence electrons. The van der Waals surface area contributed by atoms with Gasteiger partial charge in [0.25, 0.3) is 12.0 Å². The topological polar surface area (TPSA) is 45.5 Å². The summed E-state index contributed by atoms with van der Waals surface area (Å²) in [5, 5.41) is 1.18. The van der Waals surface area contributed by atoms with Crippen molar-refractivity contribution < 1.29 is 21.5 Å². The molecule has 0 aliphatic carbocycles. The summed E-state index contributed by atoms with van der Waals surface area (Å²) >= 11 is 5.14. The first-order valence-electron chi connectivity index (χ1n) is 4.06. The van der Waals surface area contributed by atoms with Gasteiger partial charge in [0.15, 0.2) is 10.5 Å². The van der Waals surface area contributed by atoms with E-state index < -0.39 is 0 Å². The van der Waals surface area contributed by atoms with Crippen LogP contribution in [0.15, 0.2) is 22.7 Å². The van der Waals surface area contributed by atoms with Crippen LogP contribution in [-0.4, -0.2) is 20.7 Å². The number of hydrogen-bond donors (Lipinski definition) is 1. The molecule has 0 bridgehead atoms. The van der Waals surface area contributed by atoms with Crippen molar-refractivity contribution in [2.24, 2.45) is 0 Å². The highest BCUT2D eigenvalue weighted by Gasteiger charge is 2.26. The van der Waals surface area contributed by atoms with E-state index in [9.17, 15) is 0 Å². The van der Waals surface area contributed by atoms with Gasteiger partial charge in [0.05, 0.1) is 12.1 Å². The zero-order chi connectivity index (χ0) is 9.54. The molecule has 0 amide bonds. The largest absolute Gasteiger partial charge is 1.00 e. The van der Waals surface area contributed by atoms with E-state index in [2.05, 4.69) is 35.4 Å². The number of nitrogens with zero attached hydrogens (tertiary/aromatic N) is 3. The molecule has 1 N–H and O–H groups in total. The van der Waals surface area contributed by atoms with Gasteiger partial charge < -0.3 is 22.0 Å². The number of aromatic nitrogens is 4. The summed E-state index contributed by atoms with van der Waals surface area (Å²) in [6, 6.07) is 0. The number of imidazole rings is 1. The van der Waals surface area contributed by atoms with Gasteiger partial charge in [0, 0.05) is 4.99 Å². The van der Waals surface area contributed by atoms with E-state index in [1.807, 2.05) is 11.3 Å². The zero-order valence-electron chi connectivity index (χ0n) is 7.44. The van der Waals surface area contributed by atoms with E-state index in [0.717, 1.165) is 16.9 Å². The number of aromatic amines is 1. The maximum Gasteiger partial charge on any atom is 0.296 e. The molecule has 3 heterocycles. The van der Waals surface area contributed by atoms with Crippen molar-refractivity contribution >= 4 is 44.6 Å². The standard InChI is InChI=1S/C8H5BrN4S.BrH/c9-1-5-2-14-8-6-7(11-3-10-6)12-4-13(5)8;/h1,3-4H,2H2;1H/b5-1+;. The Hall–Kier alpha value is -0.400.